The third kappa shape index (κ3) is 8.69. The van der Waals surface area contributed by atoms with Crippen LogP contribution < -0.4 is 21.7 Å². The number of nitrogens with one attached hydrogen (secondary N) is 4. The number of carboxylic acids is 1. The summed E-state index contributed by atoms with van der Waals surface area (Å²) in [7, 11) is 0. The first kappa shape index (κ1) is 31.3. The molecule has 4 atom stereocenters. The molecule has 3 amide bonds. The molecule has 0 fully saturated rings. The number of H-pyrrole nitrogens is 1. The average Bonchev–Trinajstić information content (AvgIpc) is 3.42. The molecule has 1 heterocycles. The van der Waals surface area contributed by atoms with Crippen LogP contribution in [0.4, 0.5) is 0 Å². The van der Waals surface area contributed by atoms with E-state index in [9.17, 15) is 24.3 Å². The van der Waals surface area contributed by atoms with E-state index in [1.54, 1.807) is 54.7 Å². The molecule has 0 aliphatic carbocycles. The van der Waals surface area contributed by atoms with Gasteiger partial charge in [-0.3, -0.25) is 14.4 Å². The maximum absolute atomic E-state index is 13.4. The number of rotatable bonds is 14. The topological polar surface area (TPSA) is 166 Å². The number of aromatic amines is 1. The highest BCUT2D eigenvalue weighted by Crippen LogP contribution is 2.19. The lowest BCUT2D eigenvalue weighted by atomic mass is 10.0. The van der Waals surface area contributed by atoms with Crippen LogP contribution in [-0.4, -0.2) is 63.7 Å². The molecule has 0 spiro atoms. The normalized spacial score (nSPS) is 13.8. The van der Waals surface area contributed by atoms with Crippen LogP contribution in [0.25, 0.3) is 10.9 Å². The molecule has 0 aliphatic rings. The number of hydrogen-bond donors (Lipinski definition) is 7. The van der Waals surface area contributed by atoms with E-state index in [1.165, 1.54) is 0 Å². The smallest absolute Gasteiger partial charge is 0.326 e. The summed E-state index contributed by atoms with van der Waals surface area (Å²) in [4.78, 5) is 54.8. The molecule has 11 heteroatoms. The number of carbonyl (C=O) groups excluding carboxylic acids is 3. The molecule has 4 unspecified atom stereocenters. The van der Waals surface area contributed by atoms with Crippen LogP contribution >= 0.6 is 12.6 Å². The fourth-order valence-electron chi connectivity index (χ4n) is 4.76. The second-order valence-electron chi connectivity index (χ2n) is 10.3. The molecule has 0 bridgehead atoms. The minimum absolute atomic E-state index is 0.0528. The Labute approximate surface area is 254 Å². The lowest BCUT2D eigenvalue weighted by Crippen LogP contribution is -2.58. The van der Waals surface area contributed by atoms with Crippen LogP contribution in [0.2, 0.25) is 0 Å². The van der Waals surface area contributed by atoms with Gasteiger partial charge >= 0.3 is 5.97 Å². The first-order chi connectivity index (χ1) is 20.7. The summed E-state index contributed by atoms with van der Waals surface area (Å²) in [5.74, 6) is -3.11. The number of amides is 3. The Hall–Kier alpha value is -4.61. The molecular weight excluding hydrogens is 566 g/mol. The maximum Gasteiger partial charge on any atom is 0.326 e. The minimum Gasteiger partial charge on any atom is -0.480 e. The molecule has 10 nitrogen and oxygen atoms in total. The van der Waals surface area contributed by atoms with Crippen molar-refractivity contribution in [1.82, 2.24) is 20.9 Å². The van der Waals surface area contributed by atoms with Gasteiger partial charge in [0.1, 0.15) is 18.1 Å². The molecule has 224 valence electrons. The number of nitrogens with two attached hydrogens (primary N) is 1. The Morgan fingerprint density at radius 3 is 1.81 bits per heavy atom. The van der Waals surface area contributed by atoms with Crippen molar-refractivity contribution >= 4 is 47.2 Å². The lowest BCUT2D eigenvalue weighted by molar-refractivity contribution is -0.142. The van der Waals surface area contributed by atoms with Crippen LogP contribution in [0, 0.1) is 0 Å². The van der Waals surface area contributed by atoms with Crippen LogP contribution in [0.1, 0.15) is 16.7 Å². The molecule has 0 aliphatic heterocycles. The number of thiol groups is 1. The van der Waals surface area contributed by atoms with Crippen LogP contribution in [0.3, 0.4) is 0 Å². The number of carboxylic acid groups (broad SMARTS) is 1. The Balaban J connectivity index is 1.43. The van der Waals surface area contributed by atoms with Gasteiger partial charge < -0.3 is 31.8 Å². The van der Waals surface area contributed by atoms with E-state index < -0.39 is 47.9 Å². The summed E-state index contributed by atoms with van der Waals surface area (Å²) >= 11 is 4.25. The van der Waals surface area contributed by atoms with Crippen LogP contribution in [0.15, 0.2) is 91.1 Å². The van der Waals surface area contributed by atoms with Gasteiger partial charge in [-0.25, -0.2) is 4.79 Å². The number of aliphatic carboxylic acids is 1. The van der Waals surface area contributed by atoms with E-state index in [0.29, 0.717) is 0 Å². The predicted octanol–water partition coefficient (Wildman–Crippen LogP) is 1.99. The van der Waals surface area contributed by atoms with Crippen molar-refractivity contribution < 1.29 is 24.3 Å². The summed E-state index contributed by atoms with van der Waals surface area (Å²) in [6.07, 6.45) is 2.21. The third-order valence-corrected chi connectivity index (χ3v) is 7.45. The van der Waals surface area contributed by atoms with Gasteiger partial charge in [-0.05, 0) is 29.2 Å². The van der Waals surface area contributed by atoms with E-state index in [0.717, 1.165) is 27.6 Å². The highest BCUT2D eigenvalue weighted by Gasteiger charge is 2.30. The molecule has 1 aromatic heterocycles. The Bertz CT molecular complexity index is 1550. The average molecular weight is 602 g/mol. The zero-order valence-electron chi connectivity index (χ0n) is 23.4. The Kier molecular flexibility index (Phi) is 11.0. The zero-order valence-corrected chi connectivity index (χ0v) is 24.3. The third-order valence-electron chi connectivity index (χ3n) is 7.08. The summed E-state index contributed by atoms with van der Waals surface area (Å²) in [6, 6.07) is 21.2. The van der Waals surface area contributed by atoms with Crippen molar-refractivity contribution in [2.45, 2.75) is 43.4 Å². The summed E-state index contributed by atoms with van der Waals surface area (Å²) < 4.78 is 0. The summed E-state index contributed by atoms with van der Waals surface area (Å²) in [5.41, 5.74) is 9.48. The quantitative estimate of drug-likeness (QED) is 0.109. The number of fused-ring (bicyclic) bond motifs is 1. The van der Waals surface area contributed by atoms with Crippen molar-refractivity contribution in [2.24, 2.45) is 5.73 Å². The Morgan fingerprint density at radius 2 is 1.21 bits per heavy atom. The number of carbonyl (C=O) groups is 4. The van der Waals surface area contributed by atoms with Gasteiger partial charge in [0, 0.05) is 35.7 Å². The number of hydrogen-bond acceptors (Lipinski definition) is 6. The van der Waals surface area contributed by atoms with E-state index >= 15 is 0 Å². The lowest BCUT2D eigenvalue weighted by Gasteiger charge is -2.25. The molecule has 4 aromatic rings. The molecule has 0 saturated heterocycles. The largest absolute Gasteiger partial charge is 0.480 e. The van der Waals surface area contributed by atoms with E-state index in [1.807, 2.05) is 36.4 Å². The van der Waals surface area contributed by atoms with E-state index in [4.69, 9.17) is 5.73 Å². The Morgan fingerprint density at radius 1 is 0.698 bits per heavy atom. The van der Waals surface area contributed by atoms with Crippen molar-refractivity contribution in [3.8, 4) is 0 Å². The van der Waals surface area contributed by atoms with Crippen molar-refractivity contribution in [3.05, 3.63) is 108 Å². The van der Waals surface area contributed by atoms with E-state index in [-0.39, 0.29) is 25.0 Å². The van der Waals surface area contributed by atoms with Gasteiger partial charge in [-0.15, -0.1) is 0 Å². The molecule has 4 rings (SSSR count). The van der Waals surface area contributed by atoms with Gasteiger partial charge in [0.15, 0.2) is 0 Å². The van der Waals surface area contributed by atoms with Gasteiger partial charge in [0.2, 0.25) is 17.7 Å². The molecular formula is C32H35N5O5S. The fraction of sp³-hybridized carbons (Fsp3) is 0.250. The second-order valence-corrected chi connectivity index (χ2v) is 10.6. The van der Waals surface area contributed by atoms with Crippen LogP contribution in [-0.2, 0) is 38.4 Å². The van der Waals surface area contributed by atoms with E-state index in [2.05, 4.69) is 33.6 Å². The molecule has 0 radical (unpaired) electrons. The first-order valence-electron chi connectivity index (χ1n) is 13.9. The minimum atomic E-state index is -1.21. The molecule has 3 aromatic carbocycles. The number of para-hydroxylation sites is 1. The second kappa shape index (κ2) is 15.0. The van der Waals surface area contributed by atoms with Gasteiger partial charge in [0.05, 0.1) is 6.04 Å². The van der Waals surface area contributed by atoms with Crippen molar-refractivity contribution in [2.75, 3.05) is 5.75 Å². The van der Waals surface area contributed by atoms with Gasteiger partial charge in [-0.2, -0.15) is 12.6 Å². The molecule has 0 saturated carbocycles. The molecule has 7 N–H and O–H groups in total. The van der Waals surface area contributed by atoms with Gasteiger partial charge in [-0.1, -0.05) is 78.9 Å². The maximum atomic E-state index is 13.4. The summed E-state index contributed by atoms with van der Waals surface area (Å²) in [6.45, 7) is 0. The van der Waals surface area contributed by atoms with Gasteiger partial charge in [0.25, 0.3) is 0 Å². The zero-order chi connectivity index (χ0) is 30.8. The standard InChI is InChI=1S/C32H35N5O5S/c33-24(17-22-18-34-25-14-8-7-13-23(22)25)29(38)37-28(19-43)31(40)35-26(15-20-9-3-1-4-10-20)30(39)36-27(32(41)42)16-21-11-5-2-6-12-21/h1-14,18,24,26-28,34,43H,15-17,19,33H2,(H,35,40)(H,36,39)(H,37,38)(H,41,42). The van der Waals surface area contributed by atoms with Crippen molar-refractivity contribution in [3.63, 3.8) is 0 Å². The first-order valence-corrected chi connectivity index (χ1v) is 14.5. The predicted molar refractivity (Wildman–Crippen MR) is 168 cm³/mol. The SMILES string of the molecule is NC(Cc1c[nH]c2ccccc12)C(=O)NC(CS)C(=O)NC(Cc1ccccc1)C(=O)NC(Cc1ccccc1)C(=O)O. The monoisotopic (exact) mass is 601 g/mol. The number of aromatic nitrogens is 1. The highest BCUT2D eigenvalue weighted by molar-refractivity contribution is 7.80. The highest BCUT2D eigenvalue weighted by atomic mass is 32.1. The summed E-state index contributed by atoms with van der Waals surface area (Å²) in [5, 5.41) is 18.6. The van der Waals surface area contributed by atoms with Crippen LogP contribution in [0.5, 0.6) is 0 Å². The fourth-order valence-corrected chi connectivity index (χ4v) is 5.01. The van der Waals surface area contributed by atoms with Crippen molar-refractivity contribution in [1.29, 1.82) is 0 Å². The molecule has 43 heavy (non-hydrogen) atoms. The number of benzene rings is 3.